The van der Waals surface area contributed by atoms with Crippen LogP contribution in [0.1, 0.15) is 0 Å². The fourth-order valence-electron chi connectivity index (χ4n) is 4.40. The van der Waals surface area contributed by atoms with E-state index in [1.165, 1.54) is 38.5 Å². The van der Waals surface area contributed by atoms with Crippen molar-refractivity contribution in [2.75, 3.05) is 20.8 Å². The van der Waals surface area contributed by atoms with Gasteiger partial charge < -0.3 is 58.4 Å². The van der Waals surface area contributed by atoms with E-state index in [0.717, 1.165) is 6.07 Å². The normalized spacial score (nSPS) is 23.6. The average molecular weight is 532 g/mol. The number of methoxy groups -OCH3 is 2. The molecule has 0 amide bonds. The number of rotatable bonds is 6. The van der Waals surface area contributed by atoms with Gasteiger partial charge in [0.05, 0.1) is 26.2 Å². The first-order valence-electron chi connectivity index (χ1n) is 11.3. The maximum Gasteiger partial charge on any atom is 0.282 e. The topological polar surface area (TPSA) is 202 Å². The molecule has 4 aromatic rings. The van der Waals surface area contributed by atoms with Crippen LogP contribution in [0.5, 0.6) is 28.9 Å². The molecule has 5 rings (SSSR count). The van der Waals surface area contributed by atoms with Crippen LogP contribution in [0.2, 0.25) is 0 Å². The van der Waals surface area contributed by atoms with Crippen LogP contribution in [0.3, 0.4) is 0 Å². The lowest BCUT2D eigenvalue weighted by molar-refractivity contribution is -0.277. The molecule has 1 saturated heterocycles. The molecule has 1 aliphatic heterocycles. The summed E-state index contributed by atoms with van der Waals surface area (Å²) in [6, 6.07) is 6.29. The van der Waals surface area contributed by atoms with Gasteiger partial charge in [0.1, 0.15) is 35.6 Å². The van der Waals surface area contributed by atoms with Crippen LogP contribution >= 0.6 is 0 Å². The number of ether oxygens (including phenoxy) is 4. The van der Waals surface area contributed by atoms with Crippen molar-refractivity contribution in [3.8, 4) is 40.3 Å². The van der Waals surface area contributed by atoms with Gasteiger partial charge in [-0.25, -0.2) is 0 Å². The smallest absolute Gasteiger partial charge is 0.282 e. The molecule has 0 radical (unpaired) electrons. The van der Waals surface area contributed by atoms with Gasteiger partial charge in [-0.05, 0) is 12.1 Å². The zero-order valence-corrected chi connectivity index (χ0v) is 20.0. The van der Waals surface area contributed by atoms with Gasteiger partial charge in [-0.2, -0.15) is 0 Å². The zero-order chi connectivity index (χ0) is 27.3. The Morgan fingerprint density at radius 1 is 0.868 bits per heavy atom. The van der Waals surface area contributed by atoms with Gasteiger partial charge in [0.15, 0.2) is 28.4 Å². The number of aliphatic hydroxyl groups excluding tert-OH is 4. The van der Waals surface area contributed by atoms with Crippen molar-refractivity contribution in [3.05, 3.63) is 40.6 Å². The summed E-state index contributed by atoms with van der Waals surface area (Å²) in [5, 5.41) is 61.7. The quantitative estimate of drug-likeness (QED) is 0.204. The molecule has 0 aliphatic carbocycles. The predicted molar refractivity (Wildman–Crippen MR) is 129 cm³/mol. The third-order valence-electron chi connectivity index (χ3n) is 6.28. The third kappa shape index (κ3) is 4.15. The number of hydrogen-bond donors (Lipinski definition) is 6. The lowest BCUT2D eigenvalue weighted by atomic mass is 9.99. The van der Waals surface area contributed by atoms with E-state index in [9.17, 15) is 35.4 Å². The monoisotopic (exact) mass is 532 g/mol. The maximum absolute atomic E-state index is 12.3. The third-order valence-corrected chi connectivity index (χ3v) is 6.28. The summed E-state index contributed by atoms with van der Waals surface area (Å²) < 4.78 is 33.3. The Balaban J connectivity index is 1.80. The SMILES string of the molecule is COc1cc(-c2oc3cc(=O)cc4oc(O)cc(c2O[C@@H]2O[C@H](CO)[C@@H](O)[C@H](O)[C@H]2O)c43)cc(OC)c1O. The van der Waals surface area contributed by atoms with E-state index in [1.807, 2.05) is 0 Å². The summed E-state index contributed by atoms with van der Waals surface area (Å²) in [6.45, 7) is -0.691. The Morgan fingerprint density at radius 3 is 2.11 bits per heavy atom. The number of benzene rings is 2. The number of phenols is 1. The molecule has 0 spiro atoms. The molecule has 13 nitrogen and oxygen atoms in total. The highest BCUT2D eigenvalue weighted by molar-refractivity contribution is 6.09. The molecule has 2 aromatic carbocycles. The Bertz CT molecular complexity index is 1530. The molecule has 6 N–H and O–H groups in total. The van der Waals surface area contributed by atoms with Gasteiger partial charge in [0.25, 0.3) is 5.95 Å². The van der Waals surface area contributed by atoms with Gasteiger partial charge in [-0.15, -0.1) is 0 Å². The lowest BCUT2D eigenvalue weighted by Crippen LogP contribution is -2.60. The summed E-state index contributed by atoms with van der Waals surface area (Å²) in [5.41, 5.74) is -0.247. The zero-order valence-electron chi connectivity index (χ0n) is 20.0. The van der Waals surface area contributed by atoms with E-state index >= 15 is 0 Å². The second-order valence-electron chi connectivity index (χ2n) is 8.60. The minimum Gasteiger partial charge on any atom is -0.502 e. The van der Waals surface area contributed by atoms with Crippen molar-refractivity contribution in [3.63, 3.8) is 0 Å². The van der Waals surface area contributed by atoms with E-state index in [2.05, 4.69) is 0 Å². The fraction of sp³-hybridized carbons (Fsp3) is 0.320. The number of hydrogen-bond acceptors (Lipinski definition) is 13. The van der Waals surface area contributed by atoms with E-state index in [0.29, 0.717) is 0 Å². The van der Waals surface area contributed by atoms with Crippen LogP contribution < -0.4 is 19.6 Å². The van der Waals surface area contributed by atoms with Crippen LogP contribution in [0.4, 0.5) is 0 Å². The highest BCUT2D eigenvalue weighted by Crippen LogP contribution is 2.47. The van der Waals surface area contributed by atoms with Crippen LogP contribution in [-0.2, 0) is 4.74 Å². The average Bonchev–Trinajstić information content (AvgIpc) is 2.89. The summed E-state index contributed by atoms with van der Waals surface area (Å²) in [7, 11) is 2.64. The van der Waals surface area contributed by atoms with E-state index in [1.54, 1.807) is 0 Å². The van der Waals surface area contributed by atoms with E-state index in [4.69, 9.17) is 27.8 Å². The summed E-state index contributed by atoms with van der Waals surface area (Å²) in [4.78, 5) is 12.3. The molecule has 1 fully saturated rings. The molecule has 38 heavy (non-hydrogen) atoms. The van der Waals surface area contributed by atoms with E-state index in [-0.39, 0.29) is 56.3 Å². The van der Waals surface area contributed by atoms with Crippen molar-refractivity contribution in [1.29, 1.82) is 0 Å². The van der Waals surface area contributed by atoms with Crippen LogP contribution in [0.25, 0.3) is 33.3 Å². The molecule has 0 saturated carbocycles. The minimum absolute atomic E-state index is 0.00192. The van der Waals surface area contributed by atoms with Gasteiger partial charge in [0.2, 0.25) is 12.0 Å². The van der Waals surface area contributed by atoms with Gasteiger partial charge in [0, 0.05) is 29.1 Å². The van der Waals surface area contributed by atoms with Crippen molar-refractivity contribution in [2.24, 2.45) is 0 Å². The highest BCUT2D eigenvalue weighted by atomic mass is 16.7. The first-order chi connectivity index (χ1) is 18.2. The number of aliphatic hydroxyl groups is 4. The standard InChI is InChI=1S/C25H24O13/c1-33-14-3-9(4-15(34-2)19(14)29)23-24(38-25-22(32)21(31)20(30)16(8-26)37-25)11-7-17(28)35-12-5-10(27)6-13(36-23)18(11)12/h3-7,16,20-22,25-26,28-32H,8H2,1-2H3/t16-,20-,21+,22-,25+/m1/s1. The van der Waals surface area contributed by atoms with Gasteiger partial charge in [-0.3, -0.25) is 4.79 Å². The molecule has 0 unspecified atom stereocenters. The van der Waals surface area contributed by atoms with Crippen molar-refractivity contribution >= 4 is 21.9 Å². The molecular weight excluding hydrogens is 508 g/mol. The second kappa shape index (κ2) is 9.70. The Labute approximate surface area is 213 Å². The Hall–Kier alpha value is -4.01. The Morgan fingerprint density at radius 2 is 1.50 bits per heavy atom. The first kappa shape index (κ1) is 25.6. The van der Waals surface area contributed by atoms with Gasteiger partial charge >= 0.3 is 0 Å². The highest BCUT2D eigenvalue weighted by Gasteiger charge is 2.45. The van der Waals surface area contributed by atoms with Crippen LogP contribution in [0, 0.1) is 0 Å². The van der Waals surface area contributed by atoms with Crippen molar-refractivity contribution in [1.82, 2.24) is 0 Å². The molecule has 5 atom stereocenters. The predicted octanol–water partition coefficient (Wildman–Crippen LogP) is 0.813. The Kier molecular flexibility index (Phi) is 6.54. The molecule has 3 heterocycles. The largest absolute Gasteiger partial charge is 0.502 e. The number of aromatic hydroxyl groups is 2. The molecule has 2 aromatic heterocycles. The van der Waals surface area contributed by atoms with E-state index < -0.39 is 48.7 Å². The molecular formula is C25H24O13. The molecule has 0 bridgehead atoms. The molecule has 202 valence electrons. The maximum atomic E-state index is 12.3. The van der Waals surface area contributed by atoms with Crippen molar-refractivity contribution in [2.45, 2.75) is 30.7 Å². The molecule has 1 aliphatic rings. The number of phenolic OH excluding ortho intramolecular Hbond substituents is 1. The summed E-state index contributed by atoms with van der Waals surface area (Å²) >= 11 is 0. The molecule has 13 heteroatoms. The first-order valence-corrected chi connectivity index (χ1v) is 11.3. The summed E-state index contributed by atoms with van der Waals surface area (Å²) in [6.07, 6.45) is -8.03. The van der Waals surface area contributed by atoms with Gasteiger partial charge in [-0.1, -0.05) is 0 Å². The minimum atomic E-state index is -1.77. The second-order valence-corrected chi connectivity index (χ2v) is 8.60. The van der Waals surface area contributed by atoms with Crippen LogP contribution in [-0.4, -0.2) is 82.2 Å². The fourth-order valence-corrected chi connectivity index (χ4v) is 4.40. The van der Waals surface area contributed by atoms with Crippen LogP contribution in [0.15, 0.2) is 44.0 Å². The summed E-state index contributed by atoms with van der Waals surface area (Å²) in [5.74, 6) is -1.10. The lowest BCUT2D eigenvalue weighted by Gasteiger charge is -2.39. The van der Waals surface area contributed by atoms with Crippen molar-refractivity contribution < 1.29 is 58.4 Å².